The topological polar surface area (TPSA) is 64.1 Å². The number of halogens is 3. The van der Waals surface area contributed by atoms with E-state index < -0.39 is 24.2 Å². The van der Waals surface area contributed by atoms with Gasteiger partial charge >= 0.3 is 6.18 Å². The van der Waals surface area contributed by atoms with E-state index in [1.165, 1.54) is 23.6 Å². The van der Waals surface area contributed by atoms with Crippen molar-refractivity contribution in [3.05, 3.63) is 39.6 Å². The Morgan fingerprint density at radius 2 is 1.97 bits per heavy atom. The first kappa shape index (κ1) is 21.1. The molecular weight excluding hydrogens is 415 g/mol. The first-order valence-corrected chi connectivity index (χ1v) is 10.9. The summed E-state index contributed by atoms with van der Waals surface area (Å²) >= 11 is 1.53. The van der Waals surface area contributed by atoms with Gasteiger partial charge in [0.2, 0.25) is 0 Å². The molecule has 1 N–H and O–H groups in total. The van der Waals surface area contributed by atoms with Gasteiger partial charge in [0.1, 0.15) is 16.5 Å². The monoisotopic (exact) mass is 439 g/mol. The number of nitrogens with one attached hydrogen (secondary N) is 1. The number of pyridine rings is 1. The highest BCUT2D eigenvalue weighted by atomic mass is 32.1. The number of nitrogens with zero attached hydrogens (tertiary/aromatic N) is 2. The molecule has 0 bridgehead atoms. The summed E-state index contributed by atoms with van der Waals surface area (Å²) < 4.78 is 43.0. The van der Waals surface area contributed by atoms with Crippen LogP contribution >= 0.6 is 11.3 Å². The molecule has 4 rings (SSSR count). The molecule has 2 heterocycles. The third-order valence-corrected chi connectivity index (χ3v) is 6.59. The Kier molecular flexibility index (Phi) is 5.50. The van der Waals surface area contributed by atoms with Gasteiger partial charge in [0.05, 0.1) is 5.54 Å². The van der Waals surface area contributed by atoms with Gasteiger partial charge in [0, 0.05) is 28.9 Å². The molecular formula is C21H24F3N3O2S. The third kappa shape index (κ3) is 5.11. The summed E-state index contributed by atoms with van der Waals surface area (Å²) in [5.74, 6) is 0.334. The number of carbonyl (C=O) groups is 1. The van der Waals surface area contributed by atoms with Gasteiger partial charge in [-0.15, -0.1) is 11.3 Å². The van der Waals surface area contributed by atoms with Crippen LogP contribution in [0.2, 0.25) is 0 Å². The number of thiazole rings is 1. The fraction of sp³-hybridized carbons (Fsp3) is 0.571. The minimum absolute atomic E-state index is 0.0480. The molecule has 0 aliphatic heterocycles. The van der Waals surface area contributed by atoms with Crippen molar-refractivity contribution in [1.82, 2.24) is 15.3 Å². The van der Waals surface area contributed by atoms with Crippen LogP contribution in [0.1, 0.15) is 70.9 Å². The first-order chi connectivity index (χ1) is 14.1. The molecule has 2 saturated carbocycles. The summed E-state index contributed by atoms with van der Waals surface area (Å²) in [6.07, 6.45) is 3.60. The van der Waals surface area contributed by atoms with Gasteiger partial charge in [-0.05, 0) is 44.9 Å². The molecule has 162 valence electrons. The van der Waals surface area contributed by atoms with Crippen LogP contribution in [0.3, 0.4) is 0 Å². The second kappa shape index (κ2) is 7.83. The van der Waals surface area contributed by atoms with Gasteiger partial charge in [0.15, 0.2) is 6.61 Å². The lowest BCUT2D eigenvalue weighted by atomic mass is 9.95. The Morgan fingerprint density at radius 3 is 2.53 bits per heavy atom. The van der Waals surface area contributed by atoms with E-state index in [-0.39, 0.29) is 17.4 Å². The van der Waals surface area contributed by atoms with Crippen molar-refractivity contribution in [2.45, 2.75) is 63.6 Å². The maximum atomic E-state index is 13.0. The van der Waals surface area contributed by atoms with Crippen LogP contribution in [-0.2, 0) is 5.54 Å². The molecule has 9 heteroatoms. The molecule has 1 amide bonds. The molecule has 2 fully saturated rings. The second-order valence-corrected chi connectivity index (χ2v) is 9.73. The van der Waals surface area contributed by atoms with Crippen molar-refractivity contribution < 1.29 is 22.7 Å². The van der Waals surface area contributed by atoms with Gasteiger partial charge in [-0.3, -0.25) is 9.78 Å². The van der Waals surface area contributed by atoms with E-state index in [1.807, 2.05) is 13.8 Å². The van der Waals surface area contributed by atoms with Gasteiger partial charge in [-0.25, -0.2) is 4.98 Å². The number of aryl methyl sites for hydroxylation is 1. The average molecular weight is 440 g/mol. The van der Waals surface area contributed by atoms with E-state index in [0.29, 0.717) is 11.5 Å². The average Bonchev–Trinajstić information content (AvgIpc) is 3.59. The summed E-state index contributed by atoms with van der Waals surface area (Å²) in [6.45, 7) is 2.51. The molecule has 2 aliphatic carbocycles. The number of carbonyl (C=O) groups excluding carboxylic acids is 1. The van der Waals surface area contributed by atoms with Crippen LogP contribution in [0.25, 0.3) is 0 Å². The summed E-state index contributed by atoms with van der Waals surface area (Å²) in [7, 11) is 0. The van der Waals surface area contributed by atoms with Crippen LogP contribution < -0.4 is 10.1 Å². The summed E-state index contributed by atoms with van der Waals surface area (Å²) in [4.78, 5) is 22.8. The SMILES string of the molecule is Cc1cnc(C(C)(CC2CC2)NC(=O)c2cc(OCC(F)(F)F)c(C3CC3)cn2)s1. The van der Waals surface area contributed by atoms with E-state index >= 15 is 0 Å². The van der Waals surface area contributed by atoms with E-state index in [4.69, 9.17) is 4.74 Å². The van der Waals surface area contributed by atoms with Gasteiger partial charge in [-0.1, -0.05) is 12.8 Å². The van der Waals surface area contributed by atoms with Crippen molar-refractivity contribution in [2.24, 2.45) is 5.92 Å². The lowest BCUT2D eigenvalue weighted by molar-refractivity contribution is -0.153. The fourth-order valence-electron chi connectivity index (χ4n) is 3.57. The number of aromatic nitrogens is 2. The molecule has 0 spiro atoms. The van der Waals surface area contributed by atoms with Crippen LogP contribution in [0.5, 0.6) is 5.75 Å². The molecule has 1 unspecified atom stereocenters. The Hall–Kier alpha value is -2.16. The highest BCUT2D eigenvalue weighted by molar-refractivity contribution is 7.11. The standard InChI is InChI=1S/C21H24F3N3O2S/c1-12-9-26-19(30-12)20(2,8-13-3-4-13)27-18(28)16-7-17(29-11-21(22,23)24)15(10-25-16)14-5-6-14/h7,9-10,13-14H,3-6,8,11H2,1-2H3,(H,27,28). The van der Waals surface area contributed by atoms with Crippen molar-refractivity contribution in [1.29, 1.82) is 0 Å². The zero-order chi connectivity index (χ0) is 21.5. The summed E-state index contributed by atoms with van der Waals surface area (Å²) in [5.41, 5.74) is 0.0278. The van der Waals surface area contributed by atoms with Crippen LogP contribution in [0.4, 0.5) is 13.2 Å². The number of hydrogen-bond donors (Lipinski definition) is 1. The maximum absolute atomic E-state index is 13.0. The largest absolute Gasteiger partial charge is 0.484 e. The van der Waals surface area contributed by atoms with Gasteiger partial charge in [-0.2, -0.15) is 13.2 Å². The van der Waals surface area contributed by atoms with E-state index in [9.17, 15) is 18.0 Å². The Morgan fingerprint density at radius 1 is 1.23 bits per heavy atom. The van der Waals surface area contributed by atoms with Crippen molar-refractivity contribution in [3.63, 3.8) is 0 Å². The van der Waals surface area contributed by atoms with Crippen LogP contribution in [0.15, 0.2) is 18.5 Å². The Balaban J connectivity index is 1.56. The molecule has 0 aromatic carbocycles. The molecule has 2 aromatic heterocycles. The minimum atomic E-state index is -4.45. The number of amides is 1. The Bertz CT molecular complexity index is 938. The zero-order valence-corrected chi connectivity index (χ0v) is 17.7. The van der Waals surface area contributed by atoms with Crippen molar-refractivity contribution >= 4 is 17.2 Å². The molecule has 0 radical (unpaired) electrons. The van der Waals surface area contributed by atoms with Crippen LogP contribution in [-0.4, -0.2) is 28.7 Å². The van der Waals surface area contributed by atoms with E-state index in [2.05, 4.69) is 15.3 Å². The van der Waals surface area contributed by atoms with Gasteiger partial charge < -0.3 is 10.1 Å². The molecule has 2 aromatic rings. The molecule has 5 nitrogen and oxygen atoms in total. The smallest absolute Gasteiger partial charge is 0.422 e. The maximum Gasteiger partial charge on any atom is 0.422 e. The second-order valence-electron chi connectivity index (χ2n) is 8.50. The van der Waals surface area contributed by atoms with E-state index in [0.717, 1.165) is 42.0 Å². The predicted molar refractivity (Wildman–Crippen MR) is 107 cm³/mol. The van der Waals surface area contributed by atoms with Crippen molar-refractivity contribution in [3.8, 4) is 5.75 Å². The number of hydrogen-bond acceptors (Lipinski definition) is 5. The fourth-order valence-corrected chi connectivity index (χ4v) is 4.45. The Labute approximate surface area is 177 Å². The summed E-state index contributed by atoms with van der Waals surface area (Å²) in [6, 6.07) is 1.33. The van der Waals surface area contributed by atoms with Crippen LogP contribution in [0, 0.1) is 12.8 Å². The van der Waals surface area contributed by atoms with Crippen molar-refractivity contribution in [2.75, 3.05) is 6.61 Å². The molecule has 2 aliphatic rings. The minimum Gasteiger partial charge on any atom is -0.484 e. The molecule has 1 atom stereocenters. The zero-order valence-electron chi connectivity index (χ0n) is 16.9. The van der Waals surface area contributed by atoms with Gasteiger partial charge in [0.25, 0.3) is 5.91 Å². The first-order valence-electron chi connectivity index (χ1n) is 10.1. The molecule has 30 heavy (non-hydrogen) atoms. The van der Waals surface area contributed by atoms with E-state index in [1.54, 1.807) is 6.20 Å². The highest BCUT2D eigenvalue weighted by Crippen LogP contribution is 2.45. The lowest BCUT2D eigenvalue weighted by Gasteiger charge is -2.29. The highest BCUT2D eigenvalue weighted by Gasteiger charge is 2.39. The number of rotatable bonds is 8. The predicted octanol–water partition coefficient (Wildman–Crippen LogP) is 5.11. The number of ether oxygens (including phenoxy) is 1. The number of alkyl halides is 3. The molecule has 0 saturated heterocycles. The summed E-state index contributed by atoms with van der Waals surface area (Å²) in [5, 5.41) is 3.87. The third-order valence-electron chi connectivity index (χ3n) is 5.41. The lowest BCUT2D eigenvalue weighted by Crippen LogP contribution is -2.44. The normalized spacial score (nSPS) is 18.7. The quantitative estimate of drug-likeness (QED) is 0.621.